The van der Waals surface area contributed by atoms with Crippen LogP contribution >= 0.6 is 34.5 Å². The van der Waals surface area contributed by atoms with Crippen molar-refractivity contribution in [2.75, 3.05) is 0 Å². The second-order valence-corrected chi connectivity index (χ2v) is 4.09. The van der Waals surface area contributed by atoms with Crippen LogP contribution in [0, 0.1) is 6.92 Å². The summed E-state index contributed by atoms with van der Waals surface area (Å²) in [5, 5.41) is 7.75. The molecule has 0 aromatic carbocycles. The van der Waals surface area contributed by atoms with Crippen LogP contribution in [0.3, 0.4) is 0 Å². The van der Waals surface area contributed by atoms with E-state index < -0.39 is 0 Å². The molecule has 0 amide bonds. The number of nitrogens with zero attached hydrogens (tertiary/aromatic N) is 3. The summed E-state index contributed by atoms with van der Waals surface area (Å²) in [5.41, 5.74) is 0.785. The third kappa shape index (κ3) is 1.70. The van der Waals surface area contributed by atoms with Gasteiger partial charge in [-0.05, 0) is 6.92 Å². The van der Waals surface area contributed by atoms with Crippen LogP contribution in [0.15, 0.2) is 11.6 Å². The Bertz CT molecular complexity index is 415. The summed E-state index contributed by atoms with van der Waals surface area (Å²) in [7, 11) is 0. The first-order chi connectivity index (χ1) is 6.16. The predicted molar refractivity (Wildman–Crippen MR) is 54.0 cm³/mol. The monoisotopic (exact) mass is 233 g/mol. The zero-order valence-corrected chi connectivity index (χ0v) is 8.99. The zero-order chi connectivity index (χ0) is 9.42. The van der Waals surface area contributed by atoms with Crippen molar-refractivity contribution in [2.24, 2.45) is 0 Å². The van der Waals surface area contributed by atoms with Crippen molar-refractivity contribution in [3.05, 3.63) is 27.4 Å². The Kier molecular flexibility index (Phi) is 2.27. The van der Waals surface area contributed by atoms with Crippen LogP contribution in [0.1, 0.15) is 5.69 Å². The lowest BCUT2D eigenvalue weighted by atomic mass is 10.5. The first-order valence-electron chi connectivity index (χ1n) is 3.50. The highest BCUT2D eigenvalue weighted by Gasteiger charge is 2.06. The summed E-state index contributed by atoms with van der Waals surface area (Å²) in [6, 6.07) is 0. The highest BCUT2D eigenvalue weighted by Crippen LogP contribution is 2.20. The van der Waals surface area contributed by atoms with E-state index in [4.69, 9.17) is 23.2 Å². The smallest absolute Gasteiger partial charge is 0.211 e. The van der Waals surface area contributed by atoms with E-state index in [2.05, 4.69) is 10.1 Å². The fourth-order valence-corrected chi connectivity index (χ4v) is 1.89. The van der Waals surface area contributed by atoms with Gasteiger partial charge in [-0.3, -0.25) is 0 Å². The van der Waals surface area contributed by atoms with Gasteiger partial charge < -0.3 is 0 Å². The summed E-state index contributed by atoms with van der Waals surface area (Å²) >= 11 is 13.0. The van der Waals surface area contributed by atoms with Crippen LogP contribution < -0.4 is 0 Å². The quantitative estimate of drug-likeness (QED) is 0.759. The largest absolute Gasteiger partial charge is 0.212 e. The van der Waals surface area contributed by atoms with Crippen molar-refractivity contribution in [2.45, 2.75) is 6.92 Å². The molecule has 0 saturated carbocycles. The van der Waals surface area contributed by atoms with E-state index in [0.29, 0.717) is 10.2 Å². The fraction of sp³-hybridized carbons (Fsp3) is 0.143. The lowest BCUT2D eigenvalue weighted by Crippen LogP contribution is -1.93. The molecular formula is C7H5Cl2N3S. The number of aryl methyl sites for hydroxylation is 1. The van der Waals surface area contributed by atoms with Gasteiger partial charge in [-0.2, -0.15) is 5.10 Å². The predicted octanol–water partition coefficient (Wildman–Crippen LogP) is 2.94. The van der Waals surface area contributed by atoms with E-state index in [1.807, 2.05) is 6.92 Å². The Labute approximate surface area is 88.9 Å². The number of hydrogen-bond acceptors (Lipinski definition) is 3. The van der Waals surface area contributed by atoms with E-state index in [9.17, 15) is 0 Å². The van der Waals surface area contributed by atoms with Gasteiger partial charge in [-0.25, -0.2) is 9.67 Å². The SMILES string of the molecule is Cc1nn(-c2nc(Cl)cs2)cc1Cl. The maximum Gasteiger partial charge on any atom is 0.211 e. The minimum Gasteiger partial charge on any atom is -0.212 e. The van der Waals surface area contributed by atoms with E-state index in [0.717, 1.165) is 10.8 Å². The molecule has 6 heteroatoms. The molecule has 0 N–H and O–H groups in total. The molecule has 0 aliphatic rings. The second kappa shape index (κ2) is 3.29. The van der Waals surface area contributed by atoms with Gasteiger partial charge in [-0.15, -0.1) is 11.3 Å². The van der Waals surface area contributed by atoms with E-state index >= 15 is 0 Å². The van der Waals surface area contributed by atoms with Gasteiger partial charge in [-0.1, -0.05) is 23.2 Å². The third-order valence-electron chi connectivity index (χ3n) is 1.50. The van der Waals surface area contributed by atoms with Gasteiger partial charge >= 0.3 is 0 Å². The highest BCUT2D eigenvalue weighted by molar-refractivity contribution is 7.12. The molecule has 0 bridgehead atoms. The number of hydrogen-bond donors (Lipinski definition) is 0. The van der Waals surface area contributed by atoms with Crippen molar-refractivity contribution in [3.63, 3.8) is 0 Å². The Morgan fingerprint density at radius 3 is 2.69 bits per heavy atom. The van der Waals surface area contributed by atoms with Crippen LogP contribution in [0.4, 0.5) is 0 Å². The number of rotatable bonds is 1. The first kappa shape index (κ1) is 8.99. The molecule has 0 atom stereocenters. The molecule has 0 aliphatic carbocycles. The Hall–Kier alpha value is -0.580. The zero-order valence-electron chi connectivity index (χ0n) is 6.66. The molecular weight excluding hydrogens is 229 g/mol. The van der Waals surface area contributed by atoms with Gasteiger partial charge in [0.05, 0.1) is 16.9 Å². The van der Waals surface area contributed by atoms with Crippen LogP contribution in [-0.2, 0) is 0 Å². The maximum absolute atomic E-state index is 5.85. The molecule has 0 saturated heterocycles. The van der Waals surface area contributed by atoms with Crippen LogP contribution in [-0.4, -0.2) is 14.8 Å². The Morgan fingerprint density at radius 1 is 1.46 bits per heavy atom. The van der Waals surface area contributed by atoms with Crippen molar-refractivity contribution < 1.29 is 0 Å². The molecule has 0 fully saturated rings. The van der Waals surface area contributed by atoms with Crippen molar-refractivity contribution in [1.29, 1.82) is 0 Å². The normalized spacial score (nSPS) is 10.7. The molecule has 0 unspecified atom stereocenters. The van der Waals surface area contributed by atoms with Gasteiger partial charge in [0.15, 0.2) is 0 Å². The average Bonchev–Trinajstić information content (AvgIpc) is 2.61. The molecule has 0 radical (unpaired) electrons. The van der Waals surface area contributed by atoms with Gasteiger partial charge in [0.2, 0.25) is 5.13 Å². The second-order valence-electron chi connectivity index (χ2n) is 2.46. The van der Waals surface area contributed by atoms with Crippen LogP contribution in [0.25, 0.3) is 5.13 Å². The summed E-state index contributed by atoms with van der Waals surface area (Å²) in [5.74, 6) is 0. The Balaban J connectivity index is 2.46. The van der Waals surface area contributed by atoms with Crippen LogP contribution in [0.2, 0.25) is 10.2 Å². The van der Waals surface area contributed by atoms with Crippen LogP contribution in [0.5, 0.6) is 0 Å². The molecule has 0 aliphatic heterocycles. The molecule has 2 aromatic rings. The van der Waals surface area contributed by atoms with E-state index in [-0.39, 0.29) is 0 Å². The molecule has 2 rings (SSSR count). The number of aromatic nitrogens is 3. The maximum atomic E-state index is 5.85. The fourth-order valence-electron chi connectivity index (χ4n) is 0.888. The third-order valence-corrected chi connectivity index (χ3v) is 3.02. The molecule has 2 heterocycles. The lowest BCUT2D eigenvalue weighted by Gasteiger charge is -1.90. The average molecular weight is 234 g/mol. The molecule has 0 spiro atoms. The minimum atomic E-state index is 0.476. The van der Waals surface area contributed by atoms with Crippen molar-refractivity contribution in [1.82, 2.24) is 14.8 Å². The molecule has 2 aromatic heterocycles. The van der Waals surface area contributed by atoms with E-state index in [1.54, 1.807) is 16.3 Å². The summed E-state index contributed by atoms with van der Waals surface area (Å²) in [6.45, 7) is 1.84. The molecule has 13 heavy (non-hydrogen) atoms. The number of thiazole rings is 1. The van der Waals surface area contributed by atoms with Gasteiger partial charge in [0, 0.05) is 5.38 Å². The lowest BCUT2D eigenvalue weighted by molar-refractivity contribution is 0.853. The topological polar surface area (TPSA) is 30.7 Å². The minimum absolute atomic E-state index is 0.476. The number of halogens is 2. The summed E-state index contributed by atoms with van der Waals surface area (Å²) < 4.78 is 1.62. The standard InChI is InChI=1S/C7H5Cl2N3S/c1-4-5(8)2-12(11-4)7-10-6(9)3-13-7/h2-3H,1H3. The molecule has 3 nitrogen and oxygen atoms in total. The van der Waals surface area contributed by atoms with Gasteiger partial charge in [0.1, 0.15) is 5.15 Å². The first-order valence-corrected chi connectivity index (χ1v) is 5.13. The van der Waals surface area contributed by atoms with Crippen molar-refractivity contribution >= 4 is 34.5 Å². The van der Waals surface area contributed by atoms with E-state index in [1.165, 1.54) is 11.3 Å². The van der Waals surface area contributed by atoms with Gasteiger partial charge in [0.25, 0.3) is 0 Å². The summed E-state index contributed by atoms with van der Waals surface area (Å²) in [6.07, 6.45) is 1.71. The highest BCUT2D eigenvalue weighted by atomic mass is 35.5. The van der Waals surface area contributed by atoms with Crippen molar-refractivity contribution in [3.8, 4) is 5.13 Å². The summed E-state index contributed by atoms with van der Waals surface area (Å²) in [4.78, 5) is 4.06. The Morgan fingerprint density at radius 2 is 2.23 bits per heavy atom. The molecule has 68 valence electrons.